The molecule has 1 nitrogen and oxygen atoms in total. The van der Waals surface area contributed by atoms with E-state index < -0.39 is 0 Å². The van der Waals surface area contributed by atoms with E-state index in [0.717, 1.165) is 5.56 Å². The molecule has 0 amide bonds. The van der Waals surface area contributed by atoms with Crippen molar-refractivity contribution in [2.24, 2.45) is 0 Å². The van der Waals surface area contributed by atoms with Gasteiger partial charge in [-0.05, 0) is 24.5 Å². The third-order valence-electron chi connectivity index (χ3n) is 1.71. The molecule has 0 aliphatic rings. The smallest absolute Gasteiger partial charge is 0.144 e. The highest BCUT2D eigenvalue weighted by Gasteiger charge is 2.02. The van der Waals surface area contributed by atoms with Crippen LogP contribution >= 0.6 is 0 Å². The molecule has 0 fully saturated rings. The topological polar surface area (TPSA) is 12.9 Å². The van der Waals surface area contributed by atoms with Crippen molar-refractivity contribution in [3.63, 3.8) is 0 Å². The summed E-state index contributed by atoms with van der Waals surface area (Å²) < 4.78 is 12.9. The fourth-order valence-corrected chi connectivity index (χ4v) is 0.837. The quantitative estimate of drug-likeness (QED) is 0.604. The van der Waals surface area contributed by atoms with Gasteiger partial charge in [-0.25, -0.2) is 4.39 Å². The first-order chi connectivity index (χ1) is 5.11. The molecular formula is C9H12FN. The van der Waals surface area contributed by atoms with E-state index in [2.05, 4.69) is 4.98 Å². The Kier molecular flexibility index (Phi) is 2.22. The van der Waals surface area contributed by atoms with Crippen LogP contribution in [0.3, 0.4) is 0 Å². The molecule has 1 aromatic rings. The molecule has 0 aromatic carbocycles. The maximum atomic E-state index is 12.9. The summed E-state index contributed by atoms with van der Waals surface area (Å²) in [6.07, 6.45) is 1.73. The molecule has 0 atom stereocenters. The van der Waals surface area contributed by atoms with Gasteiger partial charge in [-0.3, -0.25) is 4.98 Å². The largest absolute Gasteiger partial charge is 0.258 e. The van der Waals surface area contributed by atoms with E-state index in [1.54, 1.807) is 19.2 Å². The first-order valence-corrected chi connectivity index (χ1v) is 3.73. The normalized spacial score (nSPS) is 10.6. The summed E-state index contributed by atoms with van der Waals surface area (Å²) in [5.41, 5.74) is 1.42. The predicted octanol–water partition coefficient (Wildman–Crippen LogP) is 2.65. The zero-order valence-electron chi connectivity index (χ0n) is 7.06. The van der Waals surface area contributed by atoms with Gasteiger partial charge >= 0.3 is 0 Å². The van der Waals surface area contributed by atoms with Gasteiger partial charge in [-0.1, -0.05) is 13.8 Å². The third-order valence-corrected chi connectivity index (χ3v) is 1.71. The maximum Gasteiger partial charge on any atom is 0.144 e. The lowest BCUT2D eigenvalue weighted by atomic mass is 10.1. The van der Waals surface area contributed by atoms with Crippen molar-refractivity contribution in [2.45, 2.75) is 26.7 Å². The summed E-state index contributed by atoms with van der Waals surface area (Å²) in [6.45, 7) is 5.71. The summed E-state index contributed by atoms with van der Waals surface area (Å²) in [5.74, 6) is 0.133. The molecule has 0 bridgehead atoms. The molecule has 0 saturated carbocycles. The van der Waals surface area contributed by atoms with Crippen molar-refractivity contribution in [1.82, 2.24) is 4.98 Å². The van der Waals surface area contributed by atoms with Gasteiger partial charge in [0.25, 0.3) is 0 Å². The Labute approximate surface area is 66.3 Å². The Morgan fingerprint density at radius 1 is 1.45 bits per heavy atom. The van der Waals surface area contributed by atoms with E-state index in [-0.39, 0.29) is 5.82 Å². The molecule has 11 heavy (non-hydrogen) atoms. The van der Waals surface area contributed by atoms with Crippen LogP contribution in [0.2, 0.25) is 0 Å². The highest BCUT2D eigenvalue weighted by Crippen LogP contribution is 2.14. The molecule has 2 heteroatoms. The summed E-state index contributed by atoms with van der Waals surface area (Å²) in [4.78, 5) is 3.92. The standard InChI is InChI=1S/C9H12FN/c1-6(2)8-4-9(10)7(3)11-5-8/h4-6H,1-3H3. The number of pyridine rings is 1. The van der Waals surface area contributed by atoms with Crippen molar-refractivity contribution < 1.29 is 4.39 Å². The second-order valence-corrected chi connectivity index (χ2v) is 2.99. The summed E-state index contributed by atoms with van der Waals surface area (Å²) in [7, 11) is 0. The van der Waals surface area contributed by atoms with Crippen LogP contribution in [-0.4, -0.2) is 4.98 Å². The van der Waals surface area contributed by atoms with Crippen LogP contribution in [-0.2, 0) is 0 Å². The van der Waals surface area contributed by atoms with Crippen molar-refractivity contribution >= 4 is 0 Å². The SMILES string of the molecule is Cc1ncc(C(C)C)cc1F. The second-order valence-electron chi connectivity index (χ2n) is 2.99. The Hall–Kier alpha value is -0.920. The average molecular weight is 153 g/mol. The Balaban J connectivity index is 3.05. The van der Waals surface area contributed by atoms with E-state index in [0.29, 0.717) is 11.6 Å². The summed E-state index contributed by atoms with van der Waals surface area (Å²) in [5, 5.41) is 0. The molecule has 0 unspecified atom stereocenters. The van der Waals surface area contributed by atoms with Crippen LogP contribution in [0, 0.1) is 12.7 Å². The minimum Gasteiger partial charge on any atom is -0.258 e. The lowest BCUT2D eigenvalue weighted by Gasteiger charge is -2.04. The van der Waals surface area contributed by atoms with E-state index in [1.807, 2.05) is 13.8 Å². The molecule has 0 spiro atoms. The zero-order chi connectivity index (χ0) is 8.43. The van der Waals surface area contributed by atoms with Crippen LogP contribution in [0.15, 0.2) is 12.3 Å². The number of rotatable bonds is 1. The van der Waals surface area contributed by atoms with Gasteiger partial charge in [0.05, 0.1) is 5.69 Å². The molecule has 1 rings (SSSR count). The second kappa shape index (κ2) is 2.99. The Bertz CT molecular complexity index is 256. The van der Waals surface area contributed by atoms with Crippen molar-refractivity contribution in [2.75, 3.05) is 0 Å². The van der Waals surface area contributed by atoms with Crippen LogP contribution in [0.1, 0.15) is 31.0 Å². The van der Waals surface area contributed by atoms with Gasteiger partial charge in [0, 0.05) is 6.20 Å². The number of hydrogen-bond acceptors (Lipinski definition) is 1. The van der Waals surface area contributed by atoms with E-state index in [9.17, 15) is 4.39 Å². The van der Waals surface area contributed by atoms with Gasteiger partial charge in [0.15, 0.2) is 0 Å². The van der Waals surface area contributed by atoms with E-state index in [1.165, 1.54) is 0 Å². The van der Waals surface area contributed by atoms with Gasteiger partial charge in [-0.15, -0.1) is 0 Å². The minimum absolute atomic E-state index is 0.212. The number of halogens is 1. The molecule has 1 heterocycles. The average Bonchev–Trinajstić information content (AvgIpc) is 1.94. The lowest BCUT2D eigenvalue weighted by Crippen LogP contribution is -1.93. The number of aromatic nitrogens is 1. The highest BCUT2D eigenvalue weighted by atomic mass is 19.1. The van der Waals surface area contributed by atoms with Crippen LogP contribution in [0.5, 0.6) is 0 Å². The van der Waals surface area contributed by atoms with Gasteiger partial charge in [0.1, 0.15) is 5.82 Å². The van der Waals surface area contributed by atoms with E-state index in [4.69, 9.17) is 0 Å². The molecule has 0 aliphatic heterocycles. The van der Waals surface area contributed by atoms with Crippen molar-refractivity contribution in [3.8, 4) is 0 Å². The molecule has 1 aromatic heterocycles. The maximum absolute atomic E-state index is 12.9. The first kappa shape index (κ1) is 8.18. The van der Waals surface area contributed by atoms with Crippen molar-refractivity contribution in [1.29, 1.82) is 0 Å². The summed E-state index contributed by atoms with van der Waals surface area (Å²) in [6, 6.07) is 1.55. The molecular weight excluding hydrogens is 141 g/mol. The van der Waals surface area contributed by atoms with Crippen molar-refractivity contribution in [3.05, 3.63) is 29.3 Å². The third kappa shape index (κ3) is 1.76. The molecule has 60 valence electrons. The monoisotopic (exact) mass is 153 g/mol. The zero-order valence-corrected chi connectivity index (χ0v) is 7.06. The highest BCUT2D eigenvalue weighted by molar-refractivity contribution is 5.17. The Morgan fingerprint density at radius 3 is 2.55 bits per heavy atom. The number of aryl methyl sites for hydroxylation is 1. The van der Waals surface area contributed by atoms with E-state index >= 15 is 0 Å². The first-order valence-electron chi connectivity index (χ1n) is 3.73. The molecule has 0 saturated heterocycles. The molecule has 0 aliphatic carbocycles. The van der Waals surface area contributed by atoms with Crippen LogP contribution < -0.4 is 0 Å². The van der Waals surface area contributed by atoms with Gasteiger partial charge in [-0.2, -0.15) is 0 Å². The van der Waals surface area contributed by atoms with Crippen LogP contribution in [0.25, 0.3) is 0 Å². The van der Waals surface area contributed by atoms with Gasteiger partial charge < -0.3 is 0 Å². The molecule has 0 radical (unpaired) electrons. The number of nitrogens with zero attached hydrogens (tertiary/aromatic N) is 1. The predicted molar refractivity (Wildman–Crippen MR) is 43.0 cm³/mol. The fourth-order valence-electron chi connectivity index (χ4n) is 0.837. The minimum atomic E-state index is -0.212. The van der Waals surface area contributed by atoms with Crippen LogP contribution in [0.4, 0.5) is 4.39 Å². The fraction of sp³-hybridized carbons (Fsp3) is 0.444. The lowest BCUT2D eigenvalue weighted by molar-refractivity contribution is 0.604. The summed E-state index contributed by atoms with van der Waals surface area (Å²) >= 11 is 0. The Morgan fingerprint density at radius 2 is 2.09 bits per heavy atom. The molecule has 0 N–H and O–H groups in total. The number of hydrogen-bond donors (Lipinski definition) is 0. The van der Waals surface area contributed by atoms with Gasteiger partial charge in [0.2, 0.25) is 0 Å².